The van der Waals surface area contributed by atoms with Crippen LogP contribution in [0.1, 0.15) is 0 Å². The Kier molecular flexibility index (Phi) is 3.66. The number of hydrogen-bond donors (Lipinski definition) is 1. The molecule has 0 radical (unpaired) electrons. The number of nitrogens with one attached hydrogen (secondary N) is 1. The lowest BCUT2D eigenvalue weighted by Gasteiger charge is -2.06. The normalized spacial score (nSPS) is 10.9. The first-order valence-electron chi connectivity index (χ1n) is 6.19. The molecule has 2 aromatic carbocycles. The van der Waals surface area contributed by atoms with E-state index in [0.29, 0.717) is 27.4 Å². The van der Waals surface area contributed by atoms with E-state index in [2.05, 4.69) is 9.97 Å². The van der Waals surface area contributed by atoms with Crippen molar-refractivity contribution >= 4 is 34.2 Å². The molecule has 0 fully saturated rings. The van der Waals surface area contributed by atoms with Gasteiger partial charge in [0.15, 0.2) is 11.5 Å². The fourth-order valence-corrected chi connectivity index (χ4v) is 2.52. The summed E-state index contributed by atoms with van der Waals surface area (Å²) in [6.07, 6.45) is 0. The molecule has 3 aromatic rings. The molecule has 6 heteroatoms. The first-order valence-corrected chi connectivity index (χ1v) is 6.95. The molecule has 0 atom stereocenters. The molecule has 0 amide bonds. The van der Waals surface area contributed by atoms with Crippen molar-refractivity contribution in [3.8, 4) is 22.9 Å². The van der Waals surface area contributed by atoms with Crippen LogP contribution in [0.15, 0.2) is 30.3 Å². The number of aromatic amines is 1. The molecule has 0 aliphatic carbocycles. The third-order valence-corrected chi connectivity index (χ3v) is 3.74. The lowest BCUT2D eigenvalue weighted by atomic mass is 10.2. The van der Waals surface area contributed by atoms with E-state index in [4.69, 9.17) is 32.7 Å². The predicted molar refractivity (Wildman–Crippen MR) is 84.7 cm³/mol. The van der Waals surface area contributed by atoms with Gasteiger partial charge in [0.1, 0.15) is 5.82 Å². The van der Waals surface area contributed by atoms with Crippen LogP contribution in [0, 0.1) is 0 Å². The van der Waals surface area contributed by atoms with Gasteiger partial charge in [-0.3, -0.25) is 0 Å². The third-order valence-electron chi connectivity index (χ3n) is 3.17. The van der Waals surface area contributed by atoms with Crippen molar-refractivity contribution in [1.82, 2.24) is 9.97 Å². The average molecular weight is 323 g/mol. The highest BCUT2D eigenvalue weighted by atomic mass is 35.5. The maximum atomic E-state index is 6.21. The van der Waals surface area contributed by atoms with Gasteiger partial charge < -0.3 is 14.5 Å². The minimum absolute atomic E-state index is 0.581. The zero-order chi connectivity index (χ0) is 15.0. The maximum absolute atomic E-state index is 6.21. The average Bonchev–Trinajstić information content (AvgIpc) is 2.90. The first-order chi connectivity index (χ1) is 10.1. The molecule has 0 spiro atoms. The Morgan fingerprint density at radius 2 is 1.71 bits per heavy atom. The molecule has 1 N–H and O–H groups in total. The number of ether oxygens (including phenoxy) is 2. The Morgan fingerprint density at radius 3 is 2.43 bits per heavy atom. The Hall–Kier alpha value is -1.91. The lowest BCUT2D eigenvalue weighted by Crippen LogP contribution is -1.89. The van der Waals surface area contributed by atoms with Crippen LogP contribution < -0.4 is 9.47 Å². The molecule has 0 unspecified atom stereocenters. The highest BCUT2D eigenvalue weighted by molar-refractivity contribution is 6.35. The fourth-order valence-electron chi connectivity index (χ4n) is 2.14. The van der Waals surface area contributed by atoms with Crippen LogP contribution in [0.5, 0.6) is 11.5 Å². The summed E-state index contributed by atoms with van der Waals surface area (Å²) in [6.45, 7) is 0. The van der Waals surface area contributed by atoms with Crippen molar-refractivity contribution in [3.63, 3.8) is 0 Å². The molecule has 3 rings (SSSR count). The lowest BCUT2D eigenvalue weighted by molar-refractivity contribution is 0.356. The van der Waals surface area contributed by atoms with Gasteiger partial charge >= 0.3 is 0 Å². The summed E-state index contributed by atoms with van der Waals surface area (Å²) in [5.41, 5.74) is 2.34. The summed E-state index contributed by atoms with van der Waals surface area (Å²) in [5.74, 6) is 1.91. The fraction of sp³-hybridized carbons (Fsp3) is 0.133. The molecule has 1 heterocycles. The number of halogens is 2. The number of rotatable bonds is 3. The second-order valence-corrected chi connectivity index (χ2v) is 5.28. The maximum Gasteiger partial charge on any atom is 0.163 e. The van der Waals surface area contributed by atoms with E-state index >= 15 is 0 Å². The number of hydrogen-bond acceptors (Lipinski definition) is 3. The SMILES string of the molecule is COc1cc2nc(-c3cc(Cl)ccc3Cl)[nH]c2cc1OC. The van der Waals surface area contributed by atoms with Gasteiger partial charge in [-0.2, -0.15) is 0 Å². The van der Waals surface area contributed by atoms with Crippen molar-refractivity contribution in [1.29, 1.82) is 0 Å². The van der Waals surface area contributed by atoms with Crippen molar-refractivity contribution in [2.75, 3.05) is 14.2 Å². The van der Waals surface area contributed by atoms with E-state index in [-0.39, 0.29) is 0 Å². The highest BCUT2D eigenvalue weighted by Gasteiger charge is 2.13. The monoisotopic (exact) mass is 322 g/mol. The van der Waals surface area contributed by atoms with Crippen LogP contribution >= 0.6 is 23.2 Å². The molecule has 21 heavy (non-hydrogen) atoms. The predicted octanol–water partition coefficient (Wildman–Crippen LogP) is 4.55. The molecule has 1 aromatic heterocycles. The number of benzene rings is 2. The van der Waals surface area contributed by atoms with Crippen LogP contribution in [0.25, 0.3) is 22.4 Å². The van der Waals surface area contributed by atoms with Crippen LogP contribution in [0.3, 0.4) is 0 Å². The Bertz CT molecular complexity index is 774. The third kappa shape index (κ3) is 2.52. The van der Waals surface area contributed by atoms with E-state index in [0.717, 1.165) is 16.6 Å². The van der Waals surface area contributed by atoms with E-state index < -0.39 is 0 Å². The zero-order valence-corrected chi connectivity index (χ0v) is 12.9. The van der Waals surface area contributed by atoms with Crippen molar-refractivity contribution in [2.24, 2.45) is 0 Å². The number of fused-ring (bicyclic) bond motifs is 1. The van der Waals surface area contributed by atoms with Crippen molar-refractivity contribution in [3.05, 3.63) is 40.4 Å². The van der Waals surface area contributed by atoms with Crippen LogP contribution in [0.4, 0.5) is 0 Å². The minimum atomic E-state index is 0.581. The number of methoxy groups -OCH3 is 2. The van der Waals surface area contributed by atoms with Gasteiger partial charge in [-0.1, -0.05) is 23.2 Å². The van der Waals surface area contributed by atoms with Crippen LogP contribution in [-0.2, 0) is 0 Å². The second kappa shape index (κ2) is 5.47. The summed E-state index contributed by atoms with van der Waals surface area (Å²) < 4.78 is 10.6. The van der Waals surface area contributed by atoms with Gasteiger partial charge in [-0.25, -0.2) is 4.98 Å². The molecule has 0 saturated carbocycles. The molecule has 4 nitrogen and oxygen atoms in total. The highest BCUT2D eigenvalue weighted by Crippen LogP contribution is 2.34. The molecular formula is C15H12Cl2N2O2. The quantitative estimate of drug-likeness (QED) is 0.769. The molecule has 0 aliphatic heterocycles. The molecule has 0 saturated heterocycles. The number of imidazole rings is 1. The van der Waals surface area contributed by atoms with E-state index in [1.807, 2.05) is 12.1 Å². The smallest absolute Gasteiger partial charge is 0.163 e. The van der Waals surface area contributed by atoms with E-state index in [1.54, 1.807) is 32.4 Å². The zero-order valence-electron chi connectivity index (χ0n) is 11.4. The Labute approximate surface area is 131 Å². The van der Waals surface area contributed by atoms with Gasteiger partial charge in [0, 0.05) is 22.7 Å². The van der Waals surface area contributed by atoms with E-state index in [1.165, 1.54) is 0 Å². The van der Waals surface area contributed by atoms with Crippen LogP contribution in [0.2, 0.25) is 10.0 Å². The molecular weight excluding hydrogens is 311 g/mol. The topological polar surface area (TPSA) is 47.1 Å². The summed E-state index contributed by atoms with van der Waals surface area (Å²) in [4.78, 5) is 7.75. The first kappa shape index (κ1) is 14.0. The largest absolute Gasteiger partial charge is 0.493 e. The molecule has 108 valence electrons. The van der Waals surface area contributed by atoms with Crippen LogP contribution in [-0.4, -0.2) is 24.2 Å². The molecule has 0 aliphatic rings. The van der Waals surface area contributed by atoms with Gasteiger partial charge in [0.05, 0.1) is 30.3 Å². The second-order valence-electron chi connectivity index (χ2n) is 4.43. The Morgan fingerprint density at radius 1 is 1.00 bits per heavy atom. The minimum Gasteiger partial charge on any atom is -0.493 e. The van der Waals surface area contributed by atoms with E-state index in [9.17, 15) is 0 Å². The number of H-pyrrole nitrogens is 1. The summed E-state index contributed by atoms with van der Waals surface area (Å²) in [6, 6.07) is 8.90. The van der Waals surface area contributed by atoms with Crippen molar-refractivity contribution < 1.29 is 9.47 Å². The van der Waals surface area contributed by atoms with Gasteiger partial charge in [0.2, 0.25) is 0 Å². The molecule has 0 bridgehead atoms. The van der Waals surface area contributed by atoms with Gasteiger partial charge in [0.25, 0.3) is 0 Å². The van der Waals surface area contributed by atoms with Gasteiger partial charge in [-0.05, 0) is 18.2 Å². The van der Waals surface area contributed by atoms with Gasteiger partial charge in [-0.15, -0.1) is 0 Å². The Balaban J connectivity index is 2.19. The summed E-state index contributed by atoms with van der Waals surface area (Å²) in [5, 5.41) is 1.18. The number of nitrogens with zero attached hydrogens (tertiary/aromatic N) is 1. The number of aromatic nitrogens is 2. The standard InChI is InChI=1S/C15H12Cl2N2O2/c1-20-13-6-11-12(7-14(13)21-2)19-15(18-11)9-5-8(16)3-4-10(9)17/h3-7H,1-2H3,(H,18,19). The summed E-state index contributed by atoms with van der Waals surface area (Å²) >= 11 is 12.2. The van der Waals surface area contributed by atoms with Crippen molar-refractivity contribution in [2.45, 2.75) is 0 Å². The summed E-state index contributed by atoms with van der Waals surface area (Å²) in [7, 11) is 3.18.